The van der Waals surface area contributed by atoms with Crippen molar-refractivity contribution in [2.75, 3.05) is 24.7 Å². The minimum atomic E-state index is -3.98. The molecular weight excluding hydrogens is 642 g/mol. The summed E-state index contributed by atoms with van der Waals surface area (Å²) in [5, 5.41) is 11.5. The number of rotatable bonds is 2. The number of imidazole rings is 2. The monoisotopic (exact) mass is 669 g/mol. The highest BCUT2D eigenvalue weighted by Crippen LogP contribution is 2.56. The molecule has 2 unspecified atom stereocenters. The average Bonchev–Trinajstić information content (AvgIpc) is 3.73. The van der Waals surface area contributed by atoms with Gasteiger partial charge in [0.25, 0.3) is 5.56 Å². The molecule has 2 bridgehead atoms. The SMILES string of the molecule is C[C@@]12CO[P+](=O)O[C@@H]3C[C@@H](COP(O)(=S)O[C@H]1[C@@H](O)[C@H](n1cnc4c(N)ncnc41)C2)O[C@H]3n1cnc2c(=O)[nH]c(N)nc21. The summed E-state index contributed by atoms with van der Waals surface area (Å²) < 4.78 is 45.6. The normalized spacial score (nSPS) is 35.8. The van der Waals surface area contributed by atoms with E-state index >= 15 is 0 Å². The number of nitrogens with one attached hydrogen (secondary N) is 1. The van der Waals surface area contributed by atoms with Crippen molar-refractivity contribution in [2.45, 2.75) is 56.5 Å². The van der Waals surface area contributed by atoms with Crippen molar-refractivity contribution in [1.29, 1.82) is 0 Å². The van der Waals surface area contributed by atoms with Gasteiger partial charge in [0.1, 0.15) is 30.7 Å². The average molecular weight is 670 g/mol. The molecule has 6 heterocycles. The van der Waals surface area contributed by atoms with Crippen LogP contribution in [-0.2, 0) is 39.2 Å². The summed E-state index contributed by atoms with van der Waals surface area (Å²) in [4.78, 5) is 46.6. The lowest BCUT2D eigenvalue weighted by molar-refractivity contribution is -0.0590. The summed E-state index contributed by atoms with van der Waals surface area (Å²) in [5.41, 5.74) is 11.0. The van der Waals surface area contributed by atoms with Gasteiger partial charge in [-0.3, -0.25) is 14.3 Å². The van der Waals surface area contributed by atoms with Crippen LogP contribution in [0.4, 0.5) is 11.8 Å². The zero-order chi connectivity index (χ0) is 31.0. The van der Waals surface area contributed by atoms with Crippen molar-refractivity contribution in [3.05, 3.63) is 29.3 Å². The van der Waals surface area contributed by atoms with Crippen LogP contribution in [0.2, 0.25) is 0 Å². The van der Waals surface area contributed by atoms with Crippen LogP contribution in [0.3, 0.4) is 0 Å². The molecule has 4 aromatic heterocycles. The van der Waals surface area contributed by atoms with Crippen molar-refractivity contribution in [3.8, 4) is 0 Å². The maximum Gasteiger partial charge on any atom is 0.697 e. The Kier molecular flexibility index (Phi) is 7.28. The van der Waals surface area contributed by atoms with E-state index in [2.05, 4.69) is 29.9 Å². The predicted molar refractivity (Wildman–Crippen MR) is 154 cm³/mol. The molecule has 22 heteroatoms. The summed E-state index contributed by atoms with van der Waals surface area (Å²) in [5.74, 6) is 0.0432. The summed E-state index contributed by atoms with van der Waals surface area (Å²) in [7, 11) is -2.75. The van der Waals surface area contributed by atoms with Gasteiger partial charge in [-0.15, -0.1) is 9.05 Å². The van der Waals surface area contributed by atoms with Crippen molar-refractivity contribution in [1.82, 2.24) is 39.0 Å². The number of hydrogen-bond donors (Lipinski definition) is 5. The topological polar surface area (TPSA) is 263 Å². The Morgan fingerprint density at radius 2 is 1.95 bits per heavy atom. The van der Waals surface area contributed by atoms with E-state index in [-0.39, 0.29) is 49.0 Å². The molecule has 0 aromatic carbocycles. The van der Waals surface area contributed by atoms with Gasteiger partial charge >= 0.3 is 15.0 Å². The fourth-order valence-electron chi connectivity index (χ4n) is 6.02. The largest absolute Gasteiger partial charge is 0.697 e. The molecule has 19 nitrogen and oxygen atoms in total. The Morgan fingerprint density at radius 3 is 2.77 bits per heavy atom. The van der Waals surface area contributed by atoms with Gasteiger partial charge in [0.15, 0.2) is 35.0 Å². The lowest BCUT2D eigenvalue weighted by atomic mass is 9.87. The van der Waals surface area contributed by atoms with Crippen LogP contribution >= 0.6 is 15.0 Å². The van der Waals surface area contributed by atoms with Crippen LogP contribution in [0.15, 0.2) is 23.8 Å². The first kappa shape index (κ1) is 29.7. The molecule has 1 aliphatic carbocycles. The van der Waals surface area contributed by atoms with Gasteiger partial charge in [0, 0.05) is 16.4 Å². The number of fused-ring (bicyclic) bond motifs is 5. The number of nitrogen functional groups attached to an aromatic ring is 2. The van der Waals surface area contributed by atoms with E-state index in [4.69, 9.17) is 46.1 Å². The molecule has 44 heavy (non-hydrogen) atoms. The van der Waals surface area contributed by atoms with Crippen molar-refractivity contribution < 1.29 is 37.4 Å². The first-order valence-electron chi connectivity index (χ1n) is 13.3. The van der Waals surface area contributed by atoms with Gasteiger partial charge in [0.05, 0.1) is 31.4 Å². The van der Waals surface area contributed by atoms with Crippen LogP contribution < -0.4 is 17.0 Å². The summed E-state index contributed by atoms with van der Waals surface area (Å²) >= 11 is 5.35. The number of anilines is 2. The molecule has 9 atom stereocenters. The fraction of sp³-hybridized carbons (Fsp3) is 0.545. The number of nitrogens with zero attached hydrogens (tertiary/aromatic N) is 7. The molecule has 4 aromatic rings. The third-order valence-electron chi connectivity index (χ3n) is 8.07. The highest BCUT2D eigenvalue weighted by molar-refractivity contribution is 8.07. The van der Waals surface area contributed by atoms with Crippen LogP contribution in [0.25, 0.3) is 22.3 Å². The van der Waals surface area contributed by atoms with E-state index in [0.29, 0.717) is 11.2 Å². The lowest BCUT2D eigenvalue weighted by Gasteiger charge is -2.32. The van der Waals surface area contributed by atoms with Gasteiger partial charge in [-0.05, 0) is 18.2 Å². The van der Waals surface area contributed by atoms with Crippen LogP contribution in [-0.4, -0.2) is 86.7 Å². The Morgan fingerprint density at radius 1 is 1.18 bits per heavy atom. The smallest absolute Gasteiger partial charge is 0.388 e. The third kappa shape index (κ3) is 5.10. The predicted octanol–water partition coefficient (Wildman–Crippen LogP) is 0.415. The quantitative estimate of drug-likeness (QED) is 0.181. The molecule has 7 N–H and O–H groups in total. The molecule has 0 amide bonds. The van der Waals surface area contributed by atoms with Gasteiger partial charge in [-0.25, -0.2) is 19.9 Å². The maximum atomic E-state index is 13.2. The van der Waals surface area contributed by atoms with Crippen molar-refractivity contribution in [3.63, 3.8) is 0 Å². The van der Waals surface area contributed by atoms with Crippen LogP contribution in [0.1, 0.15) is 32.0 Å². The lowest BCUT2D eigenvalue weighted by Crippen LogP contribution is -2.39. The first-order valence-corrected chi connectivity index (χ1v) is 17.0. The molecule has 0 radical (unpaired) electrons. The molecule has 3 aliphatic rings. The van der Waals surface area contributed by atoms with Crippen molar-refractivity contribution >= 4 is 60.9 Å². The maximum absolute atomic E-state index is 13.2. The molecule has 7 rings (SSSR count). The fourth-order valence-corrected chi connectivity index (χ4v) is 8.43. The summed E-state index contributed by atoms with van der Waals surface area (Å²) in [6.45, 7) is -2.69. The number of aliphatic hydroxyl groups is 1. The number of aromatic nitrogens is 8. The van der Waals surface area contributed by atoms with E-state index in [1.807, 2.05) is 0 Å². The summed E-state index contributed by atoms with van der Waals surface area (Å²) in [6.07, 6.45) is -0.457. The molecular formula is C22H27N10O9P2S+. The summed E-state index contributed by atoms with van der Waals surface area (Å²) in [6, 6.07) is -0.670. The van der Waals surface area contributed by atoms with Crippen molar-refractivity contribution in [2.24, 2.45) is 5.41 Å². The Hall–Kier alpha value is -3.03. The highest BCUT2D eigenvalue weighted by atomic mass is 32.5. The van der Waals surface area contributed by atoms with E-state index in [9.17, 15) is 19.4 Å². The van der Waals surface area contributed by atoms with E-state index < -0.39 is 62.6 Å². The number of ether oxygens (including phenoxy) is 1. The number of nitrogens with two attached hydrogens (primary N) is 2. The van der Waals surface area contributed by atoms with Gasteiger partial charge in [-0.2, -0.15) is 4.98 Å². The van der Waals surface area contributed by atoms with Gasteiger partial charge in [-0.1, -0.05) is 6.92 Å². The molecule has 2 saturated heterocycles. The minimum Gasteiger partial charge on any atom is -0.388 e. The molecule has 234 valence electrons. The zero-order valence-corrected chi connectivity index (χ0v) is 25.5. The molecule has 0 spiro atoms. The van der Waals surface area contributed by atoms with Crippen LogP contribution in [0, 0.1) is 5.41 Å². The minimum absolute atomic E-state index is 0.0173. The Labute approximate surface area is 253 Å². The van der Waals surface area contributed by atoms with Gasteiger partial charge < -0.3 is 39.8 Å². The number of H-pyrrole nitrogens is 1. The zero-order valence-electron chi connectivity index (χ0n) is 22.9. The third-order valence-corrected chi connectivity index (χ3v) is 10.4. The molecule has 2 aliphatic heterocycles. The Bertz CT molecular complexity index is 1890. The standard InChI is InChI=1S/C22H26N10O9P2S/c1-22-3-10(31-7-27-12-16(23)25-6-26-17(12)31)14(33)15(22)41-43(36,44)38-4-9-2-11(40-42(35)37-5-22)20(39-9)32-8-28-13-18(32)29-21(24)30-19(13)34/h6-11,14-15,20,33H,2-5H2,1H3,(H5-,23,24,25,26,29,30,34,36,44)/p+1/t9-,10+,11+,14-,15-,20+,22+,43?/m0/s1. The second kappa shape index (κ2) is 10.8. The second-order valence-corrected chi connectivity index (χ2v) is 14.8. The first-order chi connectivity index (χ1) is 20.9. The van der Waals surface area contributed by atoms with E-state index in [1.54, 1.807) is 11.5 Å². The van der Waals surface area contributed by atoms with Crippen LogP contribution in [0.5, 0.6) is 0 Å². The Balaban J connectivity index is 1.19. The molecule has 3 fully saturated rings. The van der Waals surface area contributed by atoms with Gasteiger partial charge in [0.2, 0.25) is 5.95 Å². The number of aromatic amines is 1. The molecule has 1 saturated carbocycles. The number of hydrogen-bond acceptors (Lipinski definition) is 16. The second-order valence-electron chi connectivity index (χ2n) is 11.1. The highest BCUT2D eigenvalue weighted by Gasteiger charge is 2.56. The number of aliphatic hydroxyl groups excluding tert-OH is 1. The van der Waals surface area contributed by atoms with E-state index in [0.717, 1.165) is 0 Å². The van der Waals surface area contributed by atoms with E-state index in [1.165, 1.54) is 23.5 Å².